The van der Waals surface area contributed by atoms with Gasteiger partial charge in [0.05, 0.1) is 31.3 Å². The van der Waals surface area contributed by atoms with Crippen molar-refractivity contribution in [3.63, 3.8) is 0 Å². The number of nitrogens with one attached hydrogen (secondary N) is 1. The highest BCUT2D eigenvalue weighted by molar-refractivity contribution is 7.12. The molecule has 2 heterocycles. The highest BCUT2D eigenvalue weighted by Crippen LogP contribution is 2.30. The molecule has 0 spiro atoms. The number of hydrogen-bond acceptors (Lipinski definition) is 7. The first-order valence-corrected chi connectivity index (χ1v) is 11.6. The van der Waals surface area contributed by atoms with Gasteiger partial charge in [0.25, 0.3) is 0 Å². The standard InChI is InChI=1S/C26H21N5O3S/c1-33-20-13-11-17(12-14-20)22-16-35-26(27-22)31-25(32)24(23(30-31)18-7-4-3-5-8-18)29-28-19-9-6-10-21(15-19)34-2/h3-16,30H,1-2H3. The van der Waals surface area contributed by atoms with Crippen molar-refractivity contribution >= 4 is 22.7 Å². The van der Waals surface area contributed by atoms with Gasteiger partial charge < -0.3 is 9.47 Å². The number of hydrogen-bond donors (Lipinski definition) is 1. The molecule has 0 aliphatic rings. The number of rotatable bonds is 7. The van der Waals surface area contributed by atoms with Crippen LogP contribution in [0, 0.1) is 0 Å². The van der Waals surface area contributed by atoms with Gasteiger partial charge in [-0.05, 0) is 36.4 Å². The van der Waals surface area contributed by atoms with Crippen molar-refractivity contribution in [3.8, 4) is 39.1 Å². The van der Waals surface area contributed by atoms with Crippen LogP contribution < -0.4 is 15.0 Å². The van der Waals surface area contributed by atoms with E-state index in [1.807, 2.05) is 72.1 Å². The third-order valence-electron chi connectivity index (χ3n) is 5.32. The van der Waals surface area contributed by atoms with Crippen LogP contribution in [0.5, 0.6) is 11.5 Å². The van der Waals surface area contributed by atoms with E-state index in [1.54, 1.807) is 26.4 Å². The summed E-state index contributed by atoms with van der Waals surface area (Å²) in [7, 11) is 3.21. The van der Waals surface area contributed by atoms with E-state index in [1.165, 1.54) is 16.0 Å². The van der Waals surface area contributed by atoms with Crippen molar-refractivity contribution in [2.45, 2.75) is 0 Å². The predicted molar refractivity (Wildman–Crippen MR) is 137 cm³/mol. The maximum absolute atomic E-state index is 13.4. The Morgan fingerprint density at radius 2 is 1.63 bits per heavy atom. The van der Waals surface area contributed by atoms with Gasteiger partial charge in [0.2, 0.25) is 5.13 Å². The molecule has 5 aromatic rings. The Morgan fingerprint density at radius 3 is 2.37 bits per heavy atom. The van der Waals surface area contributed by atoms with Crippen LogP contribution in [0.4, 0.5) is 11.4 Å². The zero-order chi connectivity index (χ0) is 24.2. The Labute approximate surface area is 205 Å². The summed E-state index contributed by atoms with van der Waals surface area (Å²) in [5, 5.41) is 14.2. The second kappa shape index (κ2) is 9.78. The topological polar surface area (TPSA) is 93.9 Å². The minimum Gasteiger partial charge on any atom is -0.497 e. The molecule has 3 aromatic carbocycles. The molecule has 0 unspecified atom stereocenters. The number of H-pyrrole nitrogens is 1. The zero-order valence-electron chi connectivity index (χ0n) is 19.0. The molecule has 174 valence electrons. The van der Waals surface area contributed by atoms with Crippen LogP contribution in [0.25, 0.3) is 27.6 Å². The lowest BCUT2D eigenvalue weighted by atomic mass is 10.1. The molecular formula is C26H21N5O3S. The van der Waals surface area contributed by atoms with E-state index in [2.05, 4.69) is 20.3 Å². The Balaban J connectivity index is 1.56. The van der Waals surface area contributed by atoms with E-state index in [9.17, 15) is 4.79 Å². The van der Waals surface area contributed by atoms with Gasteiger partial charge in [0.1, 0.15) is 11.5 Å². The van der Waals surface area contributed by atoms with Gasteiger partial charge in [-0.2, -0.15) is 9.80 Å². The van der Waals surface area contributed by atoms with Gasteiger partial charge in [-0.3, -0.25) is 9.89 Å². The predicted octanol–water partition coefficient (Wildman–Crippen LogP) is 6.39. The molecule has 5 rings (SSSR count). The van der Waals surface area contributed by atoms with Crippen LogP contribution in [0.15, 0.2) is 99.3 Å². The molecule has 0 aliphatic heterocycles. The minimum absolute atomic E-state index is 0.195. The van der Waals surface area contributed by atoms with E-state index < -0.39 is 0 Å². The fourth-order valence-corrected chi connectivity index (χ4v) is 4.29. The van der Waals surface area contributed by atoms with Crippen molar-refractivity contribution in [2.24, 2.45) is 10.2 Å². The Bertz CT molecular complexity index is 1540. The Kier molecular flexibility index (Phi) is 6.23. The summed E-state index contributed by atoms with van der Waals surface area (Å²) in [5.41, 5.74) is 3.49. The van der Waals surface area contributed by atoms with Gasteiger partial charge in [-0.1, -0.05) is 36.4 Å². The fraction of sp³-hybridized carbons (Fsp3) is 0.0769. The molecule has 0 fully saturated rings. The van der Waals surface area contributed by atoms with E-state index in [0.29, 0.717) is 22.3 Å². The molecule has 0 saturated heterocycles. The quantitative estimate of drug-likeness (QED) is 0.272. The molecule has 0 amide bonds. The molecule has 0 radical (unpaired) electrons. The lowest BCUT2D eigenvalue weighted by Crippen LogP contribution is -2.13. The summed E-state index contributed by atoms with van der Waals surface area (Å²) < 4.78 is 11.9. The third-order valence-corrected chi connectivity index (χ3v) is 6.14. The van der Waals surface area contributed by atoms with Crippen LogP contribution in [0.2, 0.25) is 0 Å². The molecule has 9 heteroatoms. The number of azo groups is 1. The maximum atomic E-state index is 13.4. The number of nitrogens with zero attached hydrogens (tertiary/aromatic N) is 4. The zero-order valence-corrected chi connectivity index (χ0v) is 19.8. The fourth-order valence-electron chi connectivity index (χ4n) is 3.50. The van der Waals surface area contributed by atoms with Crippen molar-refractivity contribution in [2.75, 3.05) is 14.2 Å². The van der Waals surface area contributed by atoms with Gasteiger partial charge in [-0.15, -0.1) is 16.5 Å². The first-order chi connectivity index (χ1) is 17.2. The molecule has 0 aliphatic carbocycles. The van der Waals surface area contributed by atoms with Gasteiger partial charge in [0.15, 0.2) is 5.69 Å². The van der Waals surface area contributed by atoms with Crippen LogP contribution in [0.1, 0.15) is 0 Å². The smallest absolute Gasteiger partial charge is 0.301 e. The summed E-state index contributed by atoms with van der Waals surface area (Å²) in [4.78, 5) is 18.1. The summed E-state index contributed by atoms with van der Waals surface area (Å²) in [6.45, 7) is 0. The number of benzene rings is 3. The SMILES string of the molecule is COc1ccc(-c2csc(-n3[nH]c(-c4ccccc4)c(N=Nc4cccc(OC)c4)c3=O)n2)cc1. The number of methoxy groups -OCH3 is 2. The van der Waals surface area contributed by atoms with E-state index in [4.69, 9.17) is 9.47 Å². The average Bonchev–Trinajstić information content (AvgIpc) is 3.53. The Hall–Kier alpha value is -4.50. The molecule has 35 heavy (non-hydrogen) atoms. The molecule has 2 aromatic heterocycles. The van der Waals surface area contributed by atoms with Gasteiger partial charge in [-0.25, -0.2) is 4.98 Å². The van der Waals surface area contributed by atoms with Crippen LogP contribution >= 0.6 is 11.3 Å². The van der Waals surface area contributed by atoms with E-state index in [0.717, 1.165) is 22.6 Å². The summed E-state index contributed by atoms with van der Waals surface area (Å²) in [6, 6.07) is 24.3. The van der Waals surface area contributed by atoms with Crippen molar-refractivity contribution in [3.05, 3.63) is 94.6 Å². The number of thiazole rings is 1. The summed E-state index contributed by atoms with van der Waals surface area (Å²) in [6.07, 6.45) is 0. The van der Waals surface area contributed by atoms with Crippen molar-refractivity contribution in [1.82, 2.24) is 14.8 Å². The highest BCUT2D eigenvalue weighted by atomic mass is 32.1. The average molecular weight is 484 g/mol. The molecule has 0 saturated carbocycles. The van der Waals surface area contributed by atoms with Crippen LogP contribution in [-0.4, -0.2) is 29.0 Å². The van der Waals surface area contributed by atoms with Crippen molar-refractivity contribution in [1.29, 1.82) is 0 Å². The number of aromatic amines is 1. The first kappa shape index (κ1) is 22.3. The molecule has 1 N–H and O–H groups in total. The number of aromatic nitrogens is 3. The maximum Gasteiger partial charge on any atom is 0.301 e. The first-order valence-electron chi connectivity index (χ1n) is 10.7. The lowest BCUT2D eigenvalue weighted by Gasteiger charge is -2.01. The minimum atomic E-state index is -0.342. The normalized spacial score (nSPS) is 11.1. The molecular weight excluding hydrogens is 462 g/mol. The highest BCUT2D eigenvalue weighted by Gasteiger charge is 2.19. The molecule has 8 nitrogen and oxygen atoms in total. The summed E-state index contributed by atoms with van der Waals surface area (Å²) >= 11 is 1.36. The van der Waals surface area contributed by atoms with Crippen LogP contribution in [0.3, 0.4) is 0 Å². The molecule has 0 bridgehead atoms. The monoisotopic (exact) mass is 483 g/mol. The van der Waals surface area contributed by atoms with Crippen LogP contribution in [-0.2, 0) is 0 Å². The van der Waals surface area contributed by atoms with Crippen molar-refractivity contribution < 1.29 is 9.47 Å². The second-order valence-electron chi connectivity index (χ2n) is 7.49. The van der Waals surface area contributed by atoms with E-state index >= 15 is 0 Å². The second-order valence-corrected chi connectivity index (χ2v) is 8.32. The molecule has 0 atom stereocenters. The largest absolute Gasteiger partial charge is 0.497 e. The third kappa shape index (κ3) is 4.62. The van der Waals surface area contributed by atoms with Gasteiger partial charge >= 0.3 is 5.56 Å². The van der Waals surface area contributed by atoms with Gasteiger partial charge in [0, 0.05) is 22.6 Å². The number of ether oxygens (including phenoxy) is 2. The lowest BCUT2D eigenvalue weighted by molar-refractivity contribution is 0.415. The van der Waals surface area contributed by atoms with E-state index in [-0.39, 0.29) is 11.2 Å². The Morgan fingerprint density at radius 1 is 0.857 bits per heavy atom. The summed E-state index contributed by atoms with van der Waals surface area (Å²) in [5.74, 6) is 1.42.